The van der Waals surface area contributed by atoms with Gasteiger partial charge in [0.1, 0.15) is 5.75 Å². The topological polar surface area (TPSA) is 90.1 Å². The minimum absolute atomic E-state index is 0.332. The summed E-state index contributed by atoms with van der Waals surface area (Å²) >= 11 is 2.66. The predicted molar refractivity (Wildman–Crippen MR) is 85.3 cm³/mol. The average Bonchev–Trinajstić information content (AvgIpc) is 2.88. The third-order valence-corrected chi connectivity index (χ3v) is 4.55. The maximum atomic E-state index is 11.0. The Hall–Kier alpha value is -1.80. The van der Waals surface area contributed by atoms with Gasteiger partial charge in [0.2, 0.25) is 11.0 Å². The molecule has 0 unspecified atom stereocenters. The van der Waals surface area contributed by atoms with Crippen LogP contribution in [0, 0.1) is 0 Å². The summed E-state index contributed by atoms with van der Waals surface area (Å²) in [6, 6.07) is 7.62. The standard InChI is InChI=1S/C13H16N4O2S2/c1-3-19-10-7-5-4-6-9(10)15-12-16-17-13(21-12)20-8(2)11(14)18/h4-8H,3H2,1-2H3,(H2,14,18)(H,15,16)/t8-/m1/s1. The number of nitrogens with two attached hydrogens (primary N) is 1. The fourth-order valence-electron chi connectivity index (χ4n) is 1.48. The van der Waals surface area contributed by atoms with Crippen molar-refractivity contribution in [1.29, 1.82) is 0 Å². The van der Waals surface area contributed by atoms with Crippen LogP contribution in [0.25, 0.3) is 0 Å². The molecule has 0 aliphatic rings. The van der Waals surface area contributed by atoms with Crippen LogP contribution in [0.4, 0.5) is 10.8 Å². The van der Waals surface area contributed by atoms with Gasteiger partial charge in [0, 0.05) is 0 Å². The Morgan fingerprint density at radius 3 is 2.95 bits per heavy atom. The van der Waals surface area contributed by atoms with Crippen LogP contribution < -0.4 is 15.8 Å². The number of thioether (sulfide) groups is 1. The maximum absolute atomic E-state index is 11.0. The molecule has 0 bridgehead atoms. The summed E-state index contributed by atoms with van der Waals surface area (Å²) in [4.78, 5) is 11.0. The number of para-hydroxylation sites is 2. The molecule has 0 saturated carbocycles. The molecule has 1 heterocycles. The van der Waals surface area contributed by atoms with Gasteiger partial charge in [0.25, 0.3) is 0 Å². The average molecular weight is 324 g/mol. The smallest absolute Gasteiger partial charge is 0.230 e. The summed E-state index contributed by atoms with van der Waals surface area (Å²) in [5, 5.41) is 11.6. The Kier molecular flexibility index (Phi) is 5.40. The van der Waals surface area contributed by atoms with E-state index in [1.54, 1.807) is 6.92 Å². The molecule has 1 amide bonds. The van der Waals surface area contributed by atoms with E-state index in [4.69, 9.17) is 10.5 Å². The van der Waals surface area contributed by atoms with Crippen molar-refractivity contribution in [3.8, 4) is 5.75 Å². The molecule has 21 heavy (non-hydrogen) atoms. The van der Waals surface area contributed by atoms with Crippen molar-refractivity contribution in [2.24, 2.45) is 5.73 Å². The molecule has 3 N–H and O–H groups in total. The largest absolute Gasteiger partial charge is 0.492 e. The van der Waals surface area contributed by atoms with Gasteiger partial charge in [0.05, 0.1) is 17.5 Å². The molecule has 2 rings (SSSR count). The highest BCUT2D eigenvalue weighted by Gasteiger charge is 2.14. The molecule has 0 saturated heterocycles. The highest BCUT2D eigenvalue weighted by Crippen LogP contribution is 2.32. The number of carbonyl (C=O) groups excluding carboxylic acids is 1. The summed E-state index contributed by atoms with van der Waals surface area (Å²) in [7, 11) is 0. The molecule has 0 radical (unpaired) electrons. The molecule has 0 aliphatic heterocycles. The van der Waals surface area contributed by atoms with Crippen LogP contribution in [0.15, 0.2) is 28.6 Å². The molecule has 0 aliphatic carbocycles. The van der Waals surface area contributed by atoms with E-state index in [0.717, 1.165) is 11.4 Å². The van der Waals surface area contributed by atoms with Crippen LogP contribution in [0.3, 0.4) is 0 Å². The molecular weight excluding hydrogens is 308 g/mol. The van der Waals surface area contributed by atoms with E-state index < -0.39 is 0 Å². The number of anilines is 2. The summed E-state index contributed by atoms with van der Waals surface area (Å²) in [5.41, 5.74) is 6.06. The van der Waals surface area contributed by atoms with Gasteiger partial charge in [-0.3, -0.25) is 4.79 Å². The van der Waals surface area contributed by atoms with Crippen molar-refractivity contribution in [3.63, 3.8) is 0 Å². The Balaban J connectivity index is 2.07. The monoisotopic (exact) mass is 324 g/mol. The molecule has 0 spiro atoms. The fourth-order valence-corrected chi connectivity index (χ4v) is 3.34. The molecular formula is C13H16N4O2S2. The van der Waals surface area contributed by atoms with Gasteiger partial charge in [-0.25, -0.2) is 0 Å². The van der Waals surface area contributed by atoms with E-state index in [0.29, 0.717) is 16.1 Å². The second-order valence-corrected chi connectivity index (χ2v) is 6.66. The Morgan fingerprint density at radius 1 is 1.48 bits per heavy atom. The van der Waals surface area contributed by atoms with Crippen LogP contribution in [0.5, 0.6) is 5.75 Å². The van der Waals surface area contributed by atoms with Crippen LogP contribution in [-0.4, -0.2) is 28.0 Å². The van der Waals surface area contributed by atoms with Gasteiger partial charge >= 0.3 is 0 Å². The molecule has 8 heteroatoms. The van der Waals surface area contributed by atoms with E-state index in [-0.39, 0.29) is 11.2 Å². The van der Waals surface area contributed by atoms with E-state index in [1.807, 2.05) is 31.2 Å². The number of ether oxygens (including phenoxy) is 1. The second kappa shape index (κ2) is 7.28. The zero-order chi connectivity index (χ0) is 15.2. The first-order valence-corrected chi connectivity index (χ1v) is 8.08. The van der Waals surface area contributed by atoms with Crippen molar-refractivity contribution in [1.82, 2.24) is 10.2 Å². The number of amides is 1. The number of primary amides is 1. The number of hydrogen-bond acceptors (Lipinski definition) is 7. The van der Waals surface area contributed by atoms with Gasteiger partial charge < -0.3 is 15.8 Å². The zero-order valence-electron chi connectivity index (χ0n) is 11.7. The predicted octanol–water partition coefficient (Wildman–Crippen LogP) is 2.65. The van der Waals surface area contributed by atoms with Gasteiger partial charge in [-0.1, -0.05) is 35.2 Å². The molecule has 6 nitrogen and oxygen atoms in total. The van der Waals surface area contributed by atoms with Crippen molar-refractivity contribution in [2.75, 3.05) is 11.9 Å². The highest BCUT2D eigenvalue weighted by atomic mass is 32.2. The number of nitrogens with zero attached hydrogens (tertiary/aromatic N) is 2. The van der Waals surface area contributed by atoms with Crippen LogP contribution in [-0.2, 0) is 4.79 Å². The van der Waals surface area contributed by atoms with Gasteiger partial charge in [0.15, 0.2) is 4.34 Å². The third kappa shape index (κ3) is 4.33. The molecule has 112 valence electrons. The normalized spacial score (nSPS) is 11.9. The minimum Gasteiger partial charge on any atom is -0.492 e. The zero-order valence-corrected chi connectivity index (χ0v) is 13.3. The van der Waals surface area contributed by atoms with Crippen molar-refractivity contribution >= 4 is 39.8 Å². The quantitative estimate of drug-likeness (QED) is 0.761. The summed E-state index contributed by atoms with van der Waals surface area (Å²) in [6.45, 7) is 4.26. The first-order chi connectivity index (χ1) is 10.1. The second-order valence-electron chi connectivity index (χ2n) is 4.09. The van der Waals surface area contributed by atoms with E-state index in [1.165, 1.54) is 23.1 Å². The van der Waals surface area contributed by atoms with Crippen LogP contribution in [0.1, 0.15) is 13.8 Å². The number of hydrogen-bond donors (Lipinski definition) is 2. The number of nitrogens with one attached hydrogen (secondary N) is 1. The highest BCUT2D eigenvalue weighted by molar-refractivity contribution is 8.02. The lowest BCUT2D eigenvalue weighted by Gasteiger charge is -2.09. The Labute approximate surface area is 131 Å². The number of rotatable bonds is 7. The van der Waals surface area contributed by atoms with Gasteiger partial charge in [-0.05, 0) is 26.0 Å². The first kappa shape index (κ1) is 15.6. The minimum atomic E-state index is -0.369. The van der Waals surface area contributed by atoms with E-state index in [2.05, 4.69) is 15.5 Å². The summed E-state index contributed by atoms with van der Waals surface area (Å²) < 4.78 is 6.23. The molecule has 0 fully saturated rings. The maximum Gasteiger partial charge on any atom is 0.230 e. The summed E-state index contributed by atoms with van der Waals surface area (Å²) in [5.74, 6) is 0.390. The first-order valence-electron chi connectivity index (χ1n) is 6.38. The lowest BCUT2D eigenvalue weighted by atomic mass is 10.3. The van der Waals surface area contributed by atoms with Crippen LogP contribution >= 0.6 is 23.1 Å². The van der Waals surface area contributed by atoms with E-state index in [9.17, 15) is 4.79 Å². The number of benzene rings is 1. The van der Waals surface area contributed by atoms with E-state index >= 15 is 0 Å². The lowest BCUT2D eigenvalue weighted by molar-refractivity contribution is -0.117. The lowest BCUT2D eigenvalue weighted by Crippen LogP contribution is -2.22. The summed E-state index contributed by atoms with van der Waals surface area (Å²) in [6.07, 6.45) is 0. The van der Waals surface area contributed by atoms with Crippen LogP contribution in [0.2, 0.25) is 0 Å². The number of carbonyl (C=O) groups is 1. The van der Waals surface area contributed by atoms with Gasteiger partial charge in [-0.15, -0.1) is 10.2 Å². The molecule has 2 aromatic rings. The van der Waals surface area contributed by atoms with Crippen molar-refractivity contribution in [3.05, 3.63) is 24.3 Å². The van der Waals surface area contributed by atoms with Crippen molar-refractivity contribution in [2.45, 2.75) is 23.4 Å². The third-order valence-electron chi connectivity index (χ3n) is 2.51. The Bertz CT molecular complexity index is 618. The SMILES string of the molecule is CCOc1ccccc1Nc1nnc(S[C@H](C)C(N)=O)s1. The van der Waals surface area contributed by atoms with Crippen molar-refractivity contribution < 1.29 is 9.53 Å². The Morgan fingerprint density at radius 2 is 2.24 bits per heavy atom. The van der Waals surface area contributed by atoms with Gasteiger partial charge in [-0.2, -0.15) is 0 Å². The molecule has 1 aromatic heterocycles. The molecule has 1 atom stereocenters. The number of aromatic nitrogens is 2. The molecule has 1 aromatic carbocycles. The fraction of sp³-hybridized carbons (Fsp3) is 0.308.